The average Bonchev–Trinajstić information content (AvgIpc) is 3.15. The second kappa shape index (κ2) is 9.14. The van der Waals surface area contributed by atoms with E-state index in [1.165, 1.54) is 26.5 Å². The monoisotopic (exact) mass is 473 g/mol. The number of rotatable bonds is 7. The highest BCUT2D eigenvalue weighted by Gasteiger charge is 2.28. The minimum absolute atomic E-state index is 0.0533. The van der Waals surface area contributed by atoms with E-state index in [0.717, 1.165) is 0 Å². The summed E-state index contributed by atoms with van der Waals surface area (Å²) < 4.78 is 44.7. The van der Waals surface area contributed by atoms with E-state index in [-0.39, 0.29) is 23.5 Å². The molecule has 0 saturated carbocycles. The first-order chi connectivity index (χ1) is 15.8. The highest BCUT2D eigenvalue weighted by atomic mass is 32.2. The van der Waals surface area contributed by atoms with E-state index >= 15 is 0 Å². The number of sulfone groups is 1. The fourth-order valence-electron chi connectivity index (χ4n) is 3.73. The van der Waals surface area contributed by atoms with Crippen molar-refractivity contribution in [1.29, 1.82) is 0 Å². The SMILES string of the molecule is COc1ccc(-c2coc3cc(OCC(=O)NC4CCS(=O)(=O)C4)ccc3c2=O)cc1OC. The first-order valence-corrected chi connectivity index (χ1v) is 12.0. The van der Waals surface area contributed by atoms with Crippen LogP contribution in [0, 0.1) is 0 Å². The van der Waals surface area contributed by atoms with Crippen LogP contribution in [0.25, 0.3) is 22.1 Å². The zero-order chi connectivity index (χ0) is 23.6. The molecular weight excluding hydrogens is 450 g/mol. The molecule has 0 aliphatic carbocycles. The number of carbonyl (C=O) groups is 1. The third-order valence-corrected chi connectivity index (χ3v) is 7.18. The van der Waals surface area contributed by atoms with Crippen molar-refractivity contribution in [3.05, 3.63) is 52.9 Å². The molecule has 174 valence electrons. The van der Waals surface area contributed by atoms with Gasteiger partial charge < -0.3 is 23.9 Å². The summed E-state index contributed by atoms with van der Waals surface area (Å²) in [6.07, 6.45) is 1.76. The molecule has 1 aromatic heterocycles. The fourth-order valence-corrected chi connectivity index (χ4v) is 5.40. The number of nitrogens with one attached hydrogen (secondary N) is 1. The Bertz CT molecular complexity index is 1360. The van der Waals surface area contributed by atoms with Gasteiger partial charge in [0.25, 0.3) is 5.91 Å². The Morgan fingerprint density at radius 1 is 1.12 bits per heavy atom. The molecule has 1 N–H and O–H groups in total. The number of fused-ring (bicyclic) bond motifs is 1. The molecule has 33 heavy (non-hydrogen) atoms. The quantitative estimate of drug-likeness (QED) is 0.554. The van der Waals surface area contributed by atoms with Gasteiger partial charge in [0, 0.05) is 12.1 Å². The molecule has 3 aromatic rings. The number of amides is 1. The zero-order valence-electron chi connectivity index (χ0n) is 18.1. The van der Waals surface area contributed by atoms with Crippen LogP contribution in [0.4, 0.5) is 0 Å². The van der Waals surface area contributed by atoms with Crippen LogP contribution in [-0.4, -0.2) is 52.7 Å². The van der Waals surface area contributed by atoms with Gasteiger partial charge in [-0.1, -0.05) is 6.07 Å². The fraction of sp³-hybridized carbons (Fsp3) is 0.304. The lowest BCUT2D eigenvalue weighted by Crippen LogP contribution is -2.38. The van der Waals surface area contributed by atoms with Gasteiger partial charge in [0.1, 0.15) is 17.6 Å². The van der Waals surface area contributed by atoms with E-state index < -0.39 is 21.8 Å². The minimum Gasteiger partial charge on any atom is -0.493 e. The molecule has 2 heterocycles. The van der Waals surface area contributed by atoms with E-state index in [1.54, 1.807) is 30.3 Å². The number of carbonyl (C=O) groups excluding carboxylic acids is 1. The molecule has 1 unspecified atom stereocenters. The van der Waals surface area contributed by atoms with Crippen molar-refractivity contribution in [3.63, 3.8) is 0 Å². The molecule has 1 saturated heterocycles. The molecule has 2 aromatic carbocycles. The molecule has 10 heteroatoms. The molecule has 1 amide bonds. The topological polar surface area (TPSA) is 121 Å². The van der Waals surface area contributed by atoms with Gasteiger partial charge in [-0.05, 0) is 36.2 Å². The summed E-state index contributed by atoms with van der Waals surface area (Å²) in [4.78, 5) is 25.1. The molecule has 9 nitrogen and oxygen atoms in total. The number of hydrogen-bond acceptors (Lipinski definition) is 8. The van der Waals surface area contributed by atoms with E-state index in [0.29, 0.717) is 45.8 Å². The van der Waals surface area contributed by atoms with Crippen LogP contribution in [-0.2, 0) is 14.6 Å². The second-order valence-electron chi connectivity index (χ2n) is 7.66. The van der Waals surface area contributed by atoms with Crippen molar-refractivity contribution in [2.75, 3.05) is 32.3 Å². The van der Waals surface area contributed by atoms with Gasteiger partial charge in [-0.3, -0.25) is 9.59 Å². The van der Waals surface area contributed by atoms with E-state index in [9.17, 15) is 18.0 Å². The van der Waals surface area contributed by atoms with Gasteiger partial charge in [-0.2, -0.15) is 0 Å². The Labute approximate surface area is 190 Å². The van der Waals surface area contributed by atoms with Gasteiger partial charge in [0.2, 0.25) is 0 Å². The Kier molecular flexibility index (Phi) is 6.28. The summed E-state index contributed by atoms with van der Waals surface area (Å²) in [6, 6.07) is 9.43. The molecule has 1 fully saturated rings. The second-order valence-corrected chi connectivity index (χ2v) is 9.89. The lowest BCUT2D eigenvalue weighted by atomic mass is 10.0. The summed E-state index contributed by atoms with van der Waals surface area (Å²) in [5.74, 6) is 0.996. The number of hydrogen-bond donors (Lipinski definition) is 1. The van der Waals surface area contributed by atoms with Crippen molar-refractivity contribution >= 4 is 26.7 Å². The molecule has 1 aliphatic heterocycles. The van der Waals surface area contributed by atoms with Crippen LogP contribution in [0.15, 0.2) is 51.9 Å². The maximum Gasteiger partial charge on any atom is 0.258 e. The highest BCUT2D eigenvalue weighted by molar-refractivity contribution is 7.91. The van der Waals surface area contributed by atoms with Crippen molar-refractivity contribution in [3.8, 4) is 28.4 Å². The van der Waals surface area contributed by atoms with Gasteiger partial charge in [-0.25, -0.2) is 8.42 Å². The standard InChI is InChI=1S/C23H23NO8S/c1-29-19-6-3-14(9-21(19)30-2)18-11-32-20-10-16(4-5-17(20)23(18)26)31-12-22(25)24-15-7-8-33(27,28)13-15/h3-6,9-11,15H,7-8,12-13H2,1-2H3,(H,24,25). The van der Waals surface area contributed by atoms with Crippen molar-refractivity contribution in [1.82, 2.24) is 5.32 Å². The van der Waals surface area contributed by atoms with Gasteiger partial charge >= 0.3 is 0 Å². The summed E-state index contributed by atoms with van der Waals surface area (Å²) in [5, 5.41) is 3.02. The van der Waals surface area contributed by atoms with E-state index in [2.05, 4.69) is 5.32 Å². The van der Waals surface area contributed by atoms with Crippen molar-refractivity contribution in [2.24, 2.45) is 0 Å². The smallest absolute Gasteiger partial charge is 0.258 e. The molecule has 0 spiro atoms. The predicted molar refractivity (Wildman–Crippen MR) is 122 cm³/mol. The minimum atomic E-state index is -3.08. The molecular formula is C23H23NO8S. The van der Waals surface area contributed by atoms with Gasteiger partial charge in [0.15, 0.2) is 33.4 Å². The molecule has 4 rings (SSSR count). The maximum atomic E-state index is 13.0. The largest absolute Gasteiger partial charge is 0.493 e. The average molecular weight is 474 g/mol. The molecule has 0 bridgehead atoms. The first-order valence-electron chi connectivity index (χ1n) is 10.2. The Balaban J connectivity index is 1.49. The van der Waals surface area contributed by atoms with Crippen LogP contribution < -0.4 is 25.0 Å². The number of ether oxygens (including phenoxy) is 3. The van der Waals surface area contributed by atoms with Crippen LogP contribution in [0.1, 0.15) is 6.42 Å². The number of methoxy groups -OCH3 is 2. The summed E-state index contributed by atoms with van der Waals surface area (Å²) >= 11 is 0. The molecule has 1 aliphatic rings. The third kappa shape index (κ3) is 4.95. The highest BCUT2D eigenvalue weighted by Crippen LogP contribution is 2.32. The normalized spacial score (nSPS) is 17.0. The Morgan fingerprint density at radius 3 is 2.61 bits per heavy atom. The molecule has 0 radical (unpaired) electrons. The van der Waals surface area contributed by atoms with E-state index in [4.69, 9.17) is 18.6 Å². The summed E-state index contributed by atoms with van der Waals surface area (Å²) in [6.45, 7) is -0.282. The summed E-state index contributed by atoms with van der Waals surface area (Å²) in [5.41, 5.74) is 1.07. The van der Waals surface area contributed by atoms with Crippen molar-refractivity contribution < 1.29 is 31.8 Å². The predicted octanol–water partition coefficient (Wildman–Crippen LogP) is 2.16. The van der Waals surface area contributed by atoms with Crippen molar-refractivity contribution in [2.45, 2.75) is 12.5 Å². The lowest BCUT2D eigenvalue weighted by Gasteiger charge is -2.12. The lowest BCUT2D eigenvalue weighted by molar-refractivity contribution is -0.123. The zero-order valence-corrected chi connectivity index (χ0v) is 18.9. The van der Waals surface area contributed by atoms with Crippen LogP contribution in [0.5, 0.6) is 17.2 Å². The third-order valence-electron chi connectivity index (χ3n) is 5.41. The van der Waals surface area contributed by atoms with E-state index in [1.807, 2.05) is 0 Å². The van der Waals surface area contributed by atoms with Crippen LogP contribution in [0.3, 0.4) is 0 Å². The maximum absolute atomic E-state index is 13.0. The van der Waals surface area contributed by atoms with Crippen LogP contribution in [0.2, 0.25) is 0 Å². The summed E-state index contributed by atoms with van der Waals surface area (Å²) in [7, 11) is -0.0307. The van der Waals surface area contributed by atoms with Gasteiger partial charge in [-0.15, -0.1) is 0 Å². The Morgan fingerprint density at radius 2 is 1.91 bits per heavy atom. The first kappa shape index (κ1) is 22.7. The van der Waals surface area contributed by atoms with Gasteiger partial charge in [0.05, 0.1) is 36.7 Å². The number of benzene rings is 2. The Hall–Kier alpha value is -3.53. The molecule has 1 atom stereocenters. The van der Waals surface area contributed by atoms with Crippen LogP contribution >= 0.6 is 0 Å².